The summed E-state index contributed by atoms with van der Waals surface area (Å²) in [6.45, 7) is 9.19. The van der Waals surface area contributed by atoms with Crippen LogP contribution in [0.5, 0.6) is 0 Å². The summed E-state index contributed by atoms with van der Waals surface area (Å²) in [5, 5.41) is 5.06. The lowest BCUT2D eigenvalue weighted by Gasteiger charge is -2.22. The third-order valence-corrected chi connectivity index (χ3v) is 2.70. The van der Waals surface area contributed by atoms with Gasteiger partial charge in [-0.2, -0.15) is 0 Å². The first-order valence-corrected chi connectivity index (χ1v) is 7.78. The molecule has 0 bridgehead atoms. The van der Waals surface area contributed by atoms with Gasteiger partial charge in [0.1, 0.15) is 18.2 Å². The minimum Gasteiger partial charge on any atom is -0.467 e. The molecule has 8 heteroatoms. The van der Waals surface area contributed by atoms with Crippen molar-refractivity contribution < 1.29 is 28.6 Å². The van der Waals surface area contributed by atoms with Crippen LogP contribution in [-0.4, -0.2) is 50.1 Å². The van der Waals surface area contributed by atoms with Crippen LogP contribution in [0.4, 0.5) is 9.59 Å². The number of nitrogens with one attached hydrogen (secondary N) is 2. The van der Waals surface area contributed by atoms with Gasteiger partial charge in [0.05, 0.1) is 7.11 Å². The average Bonchev–Trinajstić information content (AvgIpc) is 2.48. The van der Waals surface area contributed by atoms with Gasteiger partial charge >= 0.3 is 18.2 Å². The second-order valence-corrected chi connectivity index (χ2v) is 6.03. The minimum atomic E-state index is -0.794. The third-order valence-electron chi connectivity index (χ3n) is 2.70. The maximum atomic E-state index is 11.7. The van der Waals surface area contributed by atoms with E-state index in [4.69, 9.17) is 9.47 Å². The highest BCUT2D eigenvalue weighted by Gasteiger charge is 2.24. The topological polar surface area (TPSA) is 103 Å². The van der Waals surface area contributed by atoms with E-state index in [1.807, 2.05) is 0 Å². The molecule has 0 aliphatic rings. The molecule has 0 spiro atoms. The zero-order valence-electron chi connectivity index (χ0n) is 14.8. The molecule has 0 saturated carbocycles. The monoisotopic (exact) mass is 344 g/mol. The Hall–Kier alpha value is -2.25. The molecule has 8 nitrogen and oxygen atoms in total. The summed E-state index contributed by atoms with van der Waals surface area (Å²) < 4.78 is 14.6. The van der Waals surface area contributed by atoms with Crippen LogP contribution in [0, 0.1) is 0 Å². The Morgan fingerprint density at radius 3 is 2.38 bits per heavy atom. The lowest BCUT2D eigenvalue weighted by Crippen LogP contribution is -2.44. The van der Waals surface area contributed by atoms with E-state index in [1.54, 1.807) is 20.8 Å². The summed E-state index contributed by atoms with van der Waals surface area (Å²) >= 11 is 0. The predicted octanol–water partition coefficient (Wildman–Crippen LogP) is 2.14. The van der Waals surface area contributed by atoms with E-state index in [0.29, 0.717) is 25.8 Å². The van der Waals surface area contributed by atoms with Gasteiger partial charge in [0.25, 0.3) is 0 Å². The van der Waals surface area contributed by atoms with E-state index in [2.05, 4.69) is 21.9 Å². The van der Waals surface area contributed by atoms with Gasteiger partial charge in [-0.25, -0.2) is 14.4 Å². The number of ether oxygens (including phenoxy) is 3. The maximum Gasteiger partial charge on any atom is 0.408 e. The molecular weight excluding hydrogens is 316 g/mol. The number of methoxy groups -OCH3 is 1. The van der Waals surface area contributed by atoms with E-state index in [9.17, 15) is 14.4 Å². The van der Waals surface area contributed by atoms with Crippen LogP contribution in [0.2, 0.25) is 0 Å². The molecule has 0 rings (SSSR count). The van der Waals surface area contributed by atoms with Gasteiger partial charge in [0.15, 0.2) is 0 Å². The Morgan fingerprint density at radius 2 is 1.83 bits per heavy atom. The molecule has 1 atom stereocenters. The van der Waals surface area contributed by atoms with Crippen molar-refractivity contribution in [2.24, 2.45) is 0 Å². The molecule has 2 N–H and O–H groups in total. The van der Waals surface area contributed by atoms with E-state index in [-0.39, 0.29) is 6.61 Å². The molecule has 0 fully saturated rings. The molecule has 0 aromatic heterocycles. The minimum absolute atomic E-state index is 0.149. The normalized spacial score (nSPS) is 11.8. The average molecular weight is 344 g/mol. The molecule has 0 unspecified atom stereocenters. The molecule has 24 heavy (non-hydrogen) atoms. The van der Waals surface area contributed by atoms with Crippen LogP contribution < -0.4 is 10.6 Å². The summed E-state index contributed by atoms with van der Waals surface area (Å²) in [6.07, 6.45) is 1.86. The summed E-state index contributed by atoms with van der Waals surface area (Å²) in [4.78, 5) is 34.7. The number of amides is 2. The molecule has 0 radical (unpaired) electrons. The highest BCUT2D eigenvalue weighted by atomic mass is 16.6. The molecule has 2 amide bonds. The van der Waals surface area contributed by atoms with Crippen molar-refractivity contribution in [1.82, 2.24) is 10.6 Å². The Morgan fingerprint density at radius 1 is 1.17 bits per heavy atom. The van der Waals surface area contributed by atoms with Crippen LogP contribution in [0.15, 0.2) is 12.7 Å². The predicted molar refractivity (Wildman–Crippen MR) is 88.6 cm³/mol. The second-order valence-electron chi connectivity index (χ2n) is 6.03. The van der Waals surface area contributed by atoms with Gasteiger partial charge < -0.3 is 24.8 Å². The van der Waals surface area contributed by atoms with Gasteiger partial charge in [0, 0.05) is 6.54 Å². The fraction of sp³-hybridized carbons (Fsp3) is 0.688. The van der Waals surface area contributed by atoms with Crippen molar-refractivity contribution in [3.05, 3.63) is 12.7 Å². The fourth-order valence-corrected chi connectivity index (χ4v) is 1.69. The van der Waals surface area contributed by atoms with Gasteiger partial charge in [-0.05, 0) is 40.0 Å². The van der Waals surface area contributed by atoms with Gasteiger partial charge in [-0.1, -0.05) is 12.7 Å². The van der Waals surface area contributed by atoms with Crippen molar-refractivity contribution in [2.45, 2.75) is 51.7 Å². The molecule has 0 saturated heterocycles. The molecule has 0 aliphatic heterocycles. The molecule has 0 aromatic carbocycles. The number of hydrogen-bond donors (Lipinski definition) is 2. The first-order valence-electron chi connectivity index (χ1n) is 7.78. The number of carbonyl (C=O) groups is 3. The largest absolute Gasteiger partial charge is 0.467 e. The Balaban J connectivity index is 4.17. The van der Waals surface area contributed by atoms with Crippen molar-refractivity contribution >= 4 is 18.2 Å². The van der Waals surface area contributed by atoms with E-state index >= 15 is 0 Å². The molecular formula is C16H28N2O6. The SMILES string of the molecule is C=CCOC(=O)NCCCC[C@H](NC(=O)OC(C)(C)C)C(=O)OC. The highest BCUT2D eigenvalue weighted by molar-refractivity contribution is 5.81. The van der Waals surface area contributed by atoms with Crippen LogP contribution in [-0.2, 0) is 19.0 Å². The maximum absolute atomic E-state index is 11.7. The van der Waals surface area contributed by atoms with E-state index in [0.717, 1.165) is 0 Å². The molecule has 0 aliphatic carbocycles. The van der Waals surface area contributed by atoms with Crippen LogP contribution >= 0.6 is 0 Å². The van der Waals surface area contributed by atoms with E-state index < -0.39 is 29.8 Å². The number of carbonyl (C=O) groups excluding carboxylic acids is 3. The lowest BCUT2D eigenvalue weighted by atomic mass is 10.1. The van der Waals surface area contributed by atoms with Crippen molar-refractivity contribution in [3.8, 4) is 0 Å². The standard InChI is InChI=1S/C16H28N2O6/c1-6-11-23-14(20)17-10-8-7-9-12(13(19)22-5)18-15(21)24-16(2,3)4/h6,12H,1,7-11H2,2-5H3,(H,17,20)(H,18,21)/t12-/m0/s1. The van der Waals surface area contributed by atoms with Crippen molar-refractivity contribution in [1.29, 1.82) is 0 Å². The number of esters is 1. The summed E-state index contributed by atoms with van der Waals surface area (Å²) in [5.41, 5.74) is -0.652. The molecule has 0 aromatic rings. The summed E-state index contributed by atoms with van der Waals surface area (Å²) in [7, 11) is 1.25. The fourth-order valence-electron chi connectivity index (χ4n) is 1.69. The van der Waals surface area contributed by atoms with Crippen molar-refractivity contribution in [2.75, 3.05) is 20.3 Å². The zero-order chi connectivity index (χ0) is 18.6. The van der Waals surface area contributed by atoms with Crippen LogP contribution in [0.3, 0.4) is 0 Å². The number of rotatable bonds is 9. The number of hydrogen-bond acceptors (Lipinski definition) is 6. The lowest BCUT2D eigenvalue weighted by molar-refractivity contribution is -0.143. The summed E-state index contributed by atoms with van der Waals surface area (Å²) in [6, 6.07) is -0.794. The van der Waals surface area contributed by atoms with Crippen LogP contribution in [0.25, 0.3) is 0 Å². The Kier molecular flexibility index (Phi) is 10.3. The first-order chi connectivity index (χ1) is 11.2. The quantitative estimate of drug-likeness (QED) is 0.287. The van der Waals surface area contributed by atoms with Gasteiger partial charge in [0.2, 0.25) is 0 Å². The Labute approximate surface area is 142 Å². The van der Waals surface area contributed by atoms with Gasteiger partial charge in [-0.3, -0.25) is 0 Å². The number of unbranched alkanes of at least 4 members (excludes halogenated alkanes) is 1. The Bertz CT molecular complexity index is 431. The van der Waals surface area contributed by atoms with Crippen molar-refractivity contribution in [3.63, 3.8) is 0 Å². The van der Waals surface area contributed by atoms with Crippen LogP contribution in [0.1, 0.15) is 40.0 Å². The first kappa shape index (κ1) is 21.8. The smallest absolute Gasteiger partial charge is 0.408 e. The highest BCUT2D eigenvalue weighted by Crippen LogP contribution is 2.08. The van der Waals surface area contributed by atoms with Gasteiger partial charge in [-0.15, -0.1) is 0 Å². The zero-order valence-corrected chi connectivity index (χ0v) is 14.8. The third kappa shape index (κ3) is 11.3. The molecule has 138 valence electrons. The summed E-state index contributed by atoms with van der Waals surface area (Å²) in [5.74, 6) is -0.542. The number of alkyl carbamates (subject to hydrolysis) is 2. The second kappa shape index (κ2) is 11.3. The molecule has 0 heterocycles. The van der Waals surface area contributed by atoms with E-state index in [1.165, 1.54) is 13.2 Å².